The van der Waals surface area contributed by atoms with E-state index in [2.05, 4.69) is 10.3 Å². The molecule has 0 aromatic carbocycles. The van der Waals surface area contributed by atoms with Gasteiger partial charge < -0.3 is 15.0 Å². The molecule has 1 unspecified atom stereocenters. The third-order valence-electron chi connectivity index (χ3n) is 2.05. The molecular weight excluding hydrogens is 166 g/mol. The van der Waals surface area contributed by atoms with Crippen molar-refractivity contribution in [2.75, 3.05) is 11.9 Å². The molecule has 1 aromatic heterocycles. The Labute approximate surface area is 78.6 Å². The van der Waals surface area contributed by atoms with Crippen LogP contribution in [0.15, 0.2) is 12.4 Å². The fourth-order valence-electron chi connectivity index (χ4n) is 1.09. The SMILES string of the molecule is CCC(O)CCNc1nccn1C. The highest BCUT2D eigenvalue weighted by Gasteiger charge is 2.01. The van der Waals surface area contributed by atoms with Crippen molar-refractivity contribution in [1.29, 1.82) is 0 Å². The van der Waals surface area contributed by atoms with Gasteiger partial charge >= 0.3 is 0 Å². The summed E-state index contributed by atoms with van der Waals surface area (Å²) in [6, 6.07) is 0. The van der Waals surface area contributed by atoms with E-state index in [-0.39, 0.29) is 6.10 Å². The number of imidazole rings is 1. The first-order valence-electron chi connectivity index (χ1n) is 4.63. The van der Waals surface area contributed by atoms with Crippen molar-refractivity contribution < 1.29 is 5.11 Å². The predicted molar refractivity (Wildman–Crippen MR) is 52.6 cm³/mol. The van der Waals surface area contributed by atoms with Crippen LogP contribution in [0, 0.1) is 0 Å². The maximum absolute atomic E-state index is 9.29. The number of aromatic nitrogens is 2. The summed E-state index contributed by atoms with van der Waals surface area (Å²) in [5, 5.41) is 12.4. The van der Waals surface area contributed by atoms with Gasteiger partial charge in [-0.1, -0.05) is 6.92 Å². The van der Waals surface area contributed by atoms with Crippen LogP contribution in [-0.2, 0) is 7.05 Å². The number of aryl methyl sites for hydroxylation is 1. The summed E-state index contributed by atoms with van der Waals surface area (Å²) in [5.41, 5.74) is 0. The quantitative estimate of drug-likeness (QED) is 0.715. The van der Waals surface area contributed by atoms with Crippen molar-refractivity contribution in [2.24, 2.45) is 7.05 Å². The molecule has 1 atom stereocenters. The molecule has 0 saturated carbocycles. The summed E-state index contributed by atoms with van der Waals surface area (Å²) in [6.07, 6.45) is 5.01. The molecule has 1 rings (SSSR count). The maximum Gasteiger partial charge on any atom is 0.202 e. The second-order valence-corrected chi connectivity index (χ2v) is 3.14. The molecule has 74 valence electrons. The average Bonchev–Trinajstić information content (AvgIpc) is 2.52. The average molecular weight is 183 g/mol. The van der Waals surface area contributed by atoms with Gasteiger partial charge in [-0.2, -0.15) is 0 Å². The van der Waals surface area contributed by atoms with E-state index in [9.17, 15) is 5.11 Å². The van der Waals surface area contributed by atoms with E-state index in [0.29, 0.717) is 0 Å². The predicted octanol–water partition coefficient (Wildman–Crippen LogP) is 0.993. The maximum atomic E-state index is 9.29. The van der Waals surface area contributed by atoms with Gasteiger partial charge in [0.15, 0.2) is 0 Å². The number of nitrogens with one attached hydrogen (secondary N) is 1. The van der Waals surface area contributed by atoms with E-state index in [1.165, 1.54) is 0 Å². The lowest BCUT2D eigenvalue weighted by atomic mass is 10.2. The largest absolute Gasteiger partial charge is 0.393 e. The van der Waals surface area contributed by atoms with Gasteiger partial charge in [-0.25, -0.2) is 4.98 Å². The van der Waals surface area contributed by atoms with Crippen LogP contribution >= 0.6 is 0 Å². The Morgan fingerprint density at radius 3 is 3.00 bits per heavy atom. The lowest BCUT2D eigenvalue weighted by molar-refractivity contribution is 0.164. The summed E-state index contributed by atoms with van der Waals surface area (Å²) in [4.78, 5) is 4.11. The minimum absolute atomic E-state index is 0.201. The summed E-state index contributed by atoms with van der Waals surface area (Å²) in [5.74, 6) is 0.850. The van der Waals surface area contributed by atoms with E-state index in [4.69, 9.17) is 0 Å². The summed E-state index contributed by atoms with van der Waals surface area (Å²) >= 11 is 0. The molecule has 0 radical (unpaired) electrons. The van der Waals surface area contributed by atoms with E-state index in [1.54, 1.807) is 6.20 Å². The molecule has 13 heavy (non-hydrogen) atoms. The number of nitrogens with zero attached hydrogens (tertiary/aromatic N) is 2. The first-order chi connectivity index (χ1) is 6.24. The first kappa shape index (κ1) is 10.1. The van der Waals surface area contributed by atoms with Gasteiger partial charge in [0.25, 0.3) is 0 Å². The first-order valence-corrected chi connectivity index (χ1v) is 4.63. The van der Waals surface area contributed by atoms with Crippen molar-refractivity contribution in [2.45, 2.75) is 25.9 Å². The van der Waals surface area contributed by atoms with Crippen LogP contribution in [0.4, 0.5) is 5.95 Å². The standard InChI is InChI=1S/C9H17N3O/c1-3-8(13)4-5-10-9-11-6-7-12(9)2/h6-8,13H,3-5H2,1-2H3,(H,10,11). The molecule has 0 aliphatic carbocycles. The third kappa shape index (κ3) is 3.06. The third-order valence-corrected chi connectivity index (χ3v) is 2.05. The molecule has 1 aromatic rings. The molecule has 0 fully saturated rings. The minimum atomic E-state index is -0.201. The van der Waals surface area contributed by atoms with Crippen molar-refractivity contribution in [3.05, 3.63) is 12.4 Å². The second kappa shape index (κ2) is 4.87. The smallest absolute Gasteiger partial charge is 0.202 e. The van der Waals surface area contributed by atoms with E-state index < -0.39 is 0 Å². The number of aliphatic hydroxyl groups excluding tert-OH is 1. The molecule has 0 aliphatic heterocycles. The summed E-state index contributed by atoms with van der Waals surface area (Å²) in [6.45, 7) is 2.74. The minimum Gasteiger partial charge on any atom is -0.393 e. The van der Waals surface area contributed by atoms with Gasteiger partial charge in [-0.05, 0) is 12.8 Å². The Balaban J connectivity index is 2.24. The van der Waals surface area contributed by atoms with Crippen LogP contribution < -0.4 is 5.32 Å². The molecule has 2 N–H and O–H groups in total. The number of rotatable bonds is 5. The van der Waals surface area contributed by atoms with E-state index in [1.807, 2.05) is 24.7 Å². The molecule has 0 aliphatic rings. The molecule has 0 spiro atoms. The van der Waals surface area contributed by atoms with Crippen LogP contribution in [-0.4, -0.2) is 27.3 Å². The monoisotopic (exact) mass is 183 g/mol. The molecule has 4 heteroatoms. The van der Waals surface area contributed by atoms with Crippen molar-refractivity contribution in [1.82, 2.24) is 9.55 Å². The van der Waals surface area contributed by atoms with Crippen molar-refractivity contribution in [3.63, 3.8) is 0 Å². The van der Waals surface area contributed by atoms with Gasteiger partial charge in [0, 0.05) is 26.0 Å². The highest BCUT2D eigenvalue weighted by atomic mass is 16.3. The summed E-state index contributed by atoms with van der Waals surface area (Å²) in [7, 11) is 1.94. The molecule has 4 nitrogen and oxygen atoms in total. The molecule has 1 heterocycles. The Hall–Kier alpha value is -1.03. The van der Waals surface area contributed by atoms with Gasteiger partial charge in [-0.15, -0.1) is 0 Å². The van der Waals surface area contributed by atoms with Crippen LogP contribution in [0.3, 0.4) is 0 Å². The molecule has 0 saturated heterocycles. The van der Waals surface area contributed by atoms with Crippen molar-refractivity contribution >= 4 is 5.95 Å². The topological polar surface area (TPSA) is 50.1 Å². The van der Waals surface area contributed by atoms with Crippen molar-refractivity contribution in [3.8, 4) is 0 Å². The highest BCUT2D eigenvalue weighted by Crippen LogP contribution is 2.02. The van der Waals surface area contributed by atoms with Gasteiger partial charge in [0.2, 0.25) is 5.95 Å². The van der Waals surface area contributed by atoms with Gasteiger partial charge in [0.1, 0.15) is 0 Å². The molecule has 0 amide bonds. The van der Waals surface area contributed by atoms with E-state index >= 15 is 0 Å². The van der Waals surface area contributed by atoms with Crippen LogP contribution in [0.25, 0.3) is 0 Å². The zero-order valence-corrected chi connectivity index (χ0v) is 8.20. The lowest BCUT2D eigenvalue weighted by Gasteiger charge is -2.08. The number of hydrogen-bond donors (Lipinski definition) is 2. The lowest BCUT2D eigenvalue weighted by Crippen LogP contribution is -2.13. The normalized spacial score (nSPS) is 12.8. The van der Waals surface area contributed by atoms with Crippen LogP contribution in [0.2, 0.25) is 0 Å². The second-order valence-electron chi connectivity index (χ2n) is 3.14. The Morgan fingerprint density at radius 1 is 1.69 bits per heavy atom. The van der Waals surface area contributed by atoms with Crippen LogP contribution in [0.5, 0.6) is 0 Å². The van der Waals surface area contributed by atoms with Gasteiger partial charge in [0.05, 0.1) is 6.10 Å². The van der Waals surface area contributed by atoms with E-state index in [0.717, 1.165) is 25.3 Å². The number of anilines is 1. The molecular formula is C9H17N3O. The Kier molecular flexibility index (Phi) is 3.76. The fourth-order valence-corrected chi connectivity index (χ4v) is 1.09. The van der Waals surface area contributed by atoms with Crippen LogP contribution in [0.1, 0.15) is 19.8 Å². The highest BCUT2D eigenvalue weighted by molar-refractivity contribution is 5.24. The Morgan fingerprint density at radius 2 is 2.46 bits per heavy atom. The van der Waals surface area contributed by atoms with Gasteiger partial charge in [-0.3, -0.25) is 0 Å². The Bertz CT molecular complexity index is 247. The zero-order valence-electron chi connectivity index (χ0n) is 8.20. The number of hydrogen-bond acceptors (Lipinski definition) is 3. The zero-order chi connectivity index (χ0) is 9.68. The summed E-state index contributed by atoms with van der Waals surface area (Å²) < 4.78 is 1.92. The molecule has 0 bridgehead atoms. The number of aliphatic hydroxyl groups is 1. The fraction of sp³-hybridized carbons (Fsp3) is 0.667.